The molecule has 0 heteroatoms. The van der Waals surface area contributed by atoms with Gasteiger partial charge in [0.05, 0.1) is 0 Å². The molecule has 1 aromatic carbocycles. The van der Waals surface area contributed by atoms with Gasteiger partial charge in [-0.3, -0.25) is 0 Å². The van der Waals surface area contributed by atoms with Gasteiger partial charge < -0.3 is 0 Å². The van der Waals surface area contributed by atoms with Crippen LogP contribution < -0.4 is 0 Å². The first-order valence-corrected chi connectivity index (χ1v) is 11.0. The van der Waals surface area contributed by atoms with Crippen LogP contribution in [-0.4, -0.2) is 0 Å². The fourth-order valence-corrected chi connectivity index (χ4v) is 7.83. The average molecular weight is 346 g/mol. The summed E-state index contributed by atoms with van der Waals surface area (Å²) in [6.07, 6.45) is 14.1. The molecular formula is C26H33. The Bertz CT molecular complexity index is 812. The van der Waals surface area contributed by atoms with Crippen molar-refractivity contribution in [1.29, 1.82) is 0 Å². The molecule has 137 valence electrons. The van der Waals surface area contributed by atoms with E-state index in [2.05, 4.69) is 45.9 Å². The van der Waals surface area contributed by atoms with Gasteiger partial charge in [0, 0.05) is 5.41 Å². The highest BCUT2D eigenvalue weighted by atomic mass is 14.7. The quantitative estimate of drug-likeness (QED) is 0.527. The Labute approximate surface area is 159 Å². The van der Waals surface area contributed by atoms with Gasteiger partial charge in [-0.25, -0.2) is 0 Å². The third-order valence-electron chi connectivity index (χ3n) is 8.88. The predicted molar refractivity (Wildman–Crippen MR) is 109 cm³/mol. The van der Waals surface area contributed by atoms with Crippen LogP contribution in [0.5, 0.6) is 0 Å². The molecule has 6 aliphatic rings. The van der Waals surface area contributed by atoms with Crippen molar-refractivity contribution in [1.82, 2.24) is 0 Å². The van der Waals surface area contributed by atoms with Crippen LogP contribution in [0.4, 0.5) is 0 Å². The number of rotatable bonds is 1. The Hall–Kier alpha value is -1.04. The zero-order chi connectivity index (χ0) is 17.9. The summed E-state index contributed by atoms with van der Waals surface area (Å²) in [5.41, 5.74) is 9.55. The summed E-state index contributed by atoms with van der Waals surface area (Å²) in [4.78, 5) is 0. The van der Waals surface area contributed by atoms with Crippen molar-refractivity contribution < 1.29 is 0 Å². The summed E-state index contributed by atoms with van der Waals surface area (Å²) >= 11 is 0. The maximum Gasteiger partial charge on any atom is 0.00233 e. The van der Waals surface area contributed by atoms with Gasteiger partial charge in [-0.1, -0.05) is 44.6 Å². The molecule has 0 saturated heterocycles. The van der Waals surface area contributed by atoms with Crippen LogP contribution in [0, 0.1) is 23.2 Å². The molecule has 0 heterocycles. The van der Waals surface area contributed by atoms with Gasteiger partial charge in [0.15, 0.2) is 0 Å². The molecule has 5 saturated carbocycles. The first kappa shape index (κ1) is 16.0. The number of benzene rings is 1. The zero-order valence-corrected chi connectivity index (χ0v) is 17.0. The Morgan fingerprint density at radius 3 is 2.27 bits per heavy atom. The molecule has 6 aliphatic carbocycles. The number of hydrogen-bond acceptors (Lipinski definition) is 0. The van der Waals surface area contributed by atoms with Gasteiger partial charge in [-0.15, -0.1) is 0 Å². The highest BCUT2D eigenvalue weighted by molar-refractivity contribution is 5.68. The Morgan fingerprint density at radius 2 is 1.65 bits per heavy atom. The summed E-state index contributed by atoms with van der Waals surface area (Å²) in [6.45, 7) is 9.52. The summed E-state index contributed by atoms with van der Waals surface area (Å²) in [5.74, 6) is 4.00. The topological polar surface area (TPSA) is 0 Å². The van der Waals surface area contributed by atoms with E-state index < -0.39 is 0 Å². The van der Waals surface area contributed by atoms with E-state index in [1.54, 1.807) is 27.8 Å². The molecule has 4 bridgehead atoms. The summed E-state index contributed by atoms with van der Waals surface area (Å²) in [7, 11) is 0. The summed E-state index contributed by atoms with van der Waals surface area (Å²) in [5, 5.41) is 0. The molecule has 0 amide bonds. The van der Waals surface area contributed by atoms with Crippen molar-refractivity contribution in [3.63, 3.8) is 0 Å². The minimum Gasteiger partial charge on any atom is -0.0683 e. The van der Waals surface area contributed by atoms with Gasteiger partial charge in [0.1, 0.15) is 0 Å². The SMILES string of the molecule is CC1=Cc2cc(C(C)(C)C)cc(C34CC5C[C](CC(C5)C3)C43CC3)c2C1. The number of hydrogen-bond donors (Lipinski definition) is 0. The Morgan fingerprint density at radius 1 is 0.962 bits per heavy atom. The van der Waals surface area contributed by atoms with Crippen molar-refractivity contribution in [2.45, 2.75) is 89.9 Å². The zero-order valence-electron chi connectivity index (χ0n) is 17.0. The highest BCUT2D eigenvalue weighted by Gasteiger charge is 2.71. The molecule has 26 heavy (non-hydrogen) atoms. The fraction of sp³-hybridized carbons (Fsp3) is 0.654. The standard InChI is InChI=1S/C26H33/c1-16-7-19-12-20(24(2,3)4)13-23(22(19)8-16)26-14-17-9-18(15-26)11-21(10-17)25(26)5-6-25/h7,12-13,17-18H,5-6,8-11,14-15H2,1-4H3. The second-order valence-electron chi connectivity index (χ2n) is 11.6. The first-order chi connectivity index (χ1) is 12.3. The lowest BCUT2D eigenvalue weighted by molar-refractivity contribution is -0.00279. The van der Waals surface area contributed by atoms with Gasteiger partial charge >= 0.3 is 0 Å². The van der Waals surface area contributed by atoms with Crippen molar-refractivity contribution in [3.05, 3.63) is 45.9 Å². The first-order valence-electron chi connectivity index (χ1n) is 11.0. The van der Waals surface area contributed by atoms with E-state index in [0.29, 0.717) is 10.8 Å². The van der Waals surface area contributed by atoms with E-state index in [4.69, 9.17) is 0 Å². The lowest BCUT2D eigenvalue weighted by Crippen LogP contribution is -2.56. The maximum atomic E-state index is 2.69. The van der Waals surface area contributed by atoms with E-state index in [0.717, 1.165) is 11.8 Å². The smallest absolute Gasteiger partial charge is 0.00233 e. The molecule has 1 spiro atoms. The van der Waals surface area contributed by atoms with Crippen molar-refractivity contribution in [2.24, 2.45) is 17.3 Å². The molecule has 2 atom stereocenters. The van der Waals surface area contributed by atoms with E-state index in [1.807, 2.05) is 5.92 Å². The molecule has 1 aromatic rings. The van der Waals surface area contributed by atoms with Gasteiger partial charge in [-0.05, 0) is 109 Å². The second-order valence-corrected chi connectivity index (χ2v) is 11.6. The van der Waals surface area contributed by atoms with Crippen molar-refractivity contribution in [3.8, 4) is 0 Å². The van der Waals surface area contributed by atoms with Crippen LogP contribution in [0.2, 0.25) is 0 Å². The third-order valence-corrected chi connectivity index (χ3v) is 8.88. The van der Waals surface area contributed by atoms with E-state index in [9.17, 15) is 0 Å². The summed E-state index contributed by atoms with van der Waals surface area (Å²) in [6, 6.07) is 5.21. The molecule has 0 nitrogen and oxygen atoms in total. The largest absolute Gasteiger partial charge is 0.0683 e. The van der Waals surface area contributed by atoms with Crippen LogP contribution in [-0.2, 0) is 17.3 Å². The predicted octanol–water partition coefficient (Wildman–Crippen LogP) is 6.76. The lowest BCUT2D eigenvalue weighted by Gasteiger charge is -2.63. The van der Waals surface area contributed by atoms with Crippen LogP contribution in [0.3, 0.4) is 0 Å². The molecule has 1 radical (unpaired) electrons. The molecular weight excluding hydrogens is 312 g/mol. The van der Waals surface area contributed by atoms with Crippen LogP contribution >= 0.6 is 0 Å². The normalized spacial score (nSPS) is 36.5. The minimum absolute atomic E-state index is 0.236. The van der Waals surface area contributed by atoms with E-state index >= 15 is 0 Å². The highest BCUT2D eigenvalue weighted by Crippen LogP contribution is 2.79. The van der Waals surface area contributed by atoms with E-state index in [-0.39, 0.29) is 5.41 Å². The monoisotopic (exact) mass is 345 g/mol. The summed E-state index contributed by atoms with van der Waals surface area (Å²) < 4.78 is 0. The average Bonchev–Trinajstić information content (AvgIpc) is 3.26. The Balaban J connectivity index is 1.59. The minimum atomic E-state index is 0.236. The second kappa shape index (κ2) is 4.68. The molecule has 5 fully saturated rings. The van der Waals surface area contributed by atoms with Gasteiger partial charge in [0.2, 0.25) is 0 Å². The molecule has 0 N–H and O–H groups in total. The Kier molecular flexibility index (Phi) is 2.87. The maximum absolute atomic E-state index is 2.69. The molecule has 2 unspecified atom stereocenters. The lowest BCUT2D eigenvalue weighted by atomic mass is 9.41. The van der Waals surface area contributed by atoms with Gasteiger partial charge in [0.25, 0.3) is 0 Å². The number of allylic oxidation sites excluding steroid dienone is 1. The molecule has 0 aliphatic heterocycles. The van der Waals surface area contributed by atoms with Crippen molar-refractivity contribution >= 4 is 6.08 Å². The number of fused-ring (bicyclic) bond motifs is 1. The molecule has 7 rings (SSSR count). The van der Waals surface area contributed by atoms with Gasteiger partial charge in [-0.2, -0.15) is 0 Å². The van der Waals surface area contributed by atoms with Crippen LogP contribution in [0.1, 0.15) is 94.9 Å². The molecule has 0 aromatic heterocycles. The van der Waals surface area contributed by atoms with Crippen LogP contribution in [0.25, 0.3) is 6.08 Å². The van der Waals surface area contributed by atoms with Crippen LogP contribution in [0.15, 0.2) is 17.7 Å². The third kappa shape index (κ3) is 1.87. The van der Waals surface area contributed by atoms with E-state index in [1.165, 1.54) is 51.4 Å². The fourth-order valence-electron chi connectivity index (χ4n) is 7.83. The van der Waals surface area contributed by atoms with Crippen molar-refractivity contribution in [2.75, 3.05) is 0 Å².